The van der Waals surface area contributed by atoms with Gasteiger partial charge >= 0.3 is 0 Å². The molecule has 0 aliphatic heterocycles. The predicted octanol–water partition coefficient (Wildman–Crippen LogP) is -1.73. The van der Waals surface area contributed by atoms with Gasteiger partial charge in [0.05, 0.1) is 27.7 Å². The van der Waals surface area contributed by atoms with Crippen LogP contribution in [-0.4, -0.2) is 32.2 Å². The van der Waals surface area contributed by atoms with E-state index in [2.05, 4.69) is 27.7 Å². The third-order valence-corrected chi connectivity index (χ3v) is 1.00. The molecule has 0 aromatic heterocycles. The number of nitrogens with zero attached hydrogens (tertiary/aromatic N) is 1. The van der Waals surface area contributed by atoms with Gasteiger partial charge in [-0.2, -0.15) is 0 Å². The van der Waals surface area contributed by atoms with Gasteiger partial charge in [-0.05, 0) is 0 Å². The molecule has 0 fully saturated rings. The minimum atomic E-state index is 0. The second-order valence-electron chi connectivity index (χ2n) is 3.09. The molecule has 0 atom stereocenters. The average Bonchev–Trinajstić information content (AvgIpc) is 1.59. The monoisotopic (exact) mass is 149 g/mol. The van der Waals surface area contributed by atoms with Gasteiger partial charge in [-0.25, -0.2) is 0 Å². The quantitative estimate of drug-likeness (QED) is 0.331. The fourth-order valence-corrected chi connectivity index (χ4v) is 0.479. The Morgan fingerprint density at radius 2 is 1.78 bits per heavy atom. The summed E-state index contributed by atoms with van der Waals surface area (Å²) in [5.74, 6) is 0. The van der Waals surface area contributed by atoms with E-state index in [4.69, 9.17) is 0 Å². The van der Waals surface area contributed by atoms with Gasteiger partial charge < -0.3 is 16.9 Å². The van der Waals surface area contributed by atoms with E-state index >= 15 is 0 Å². The van der Waals surface area contributed by atoms with Crippen LogP contribution in [0.5, 0.6) is 0 Å². The van der Waals surface area contributed by atoms with Gasteiger partial charge in [-0.1, -0.05) is 6.08 Å². The lowest BCUT2D eigenvalue weighted by Gasteiger charge is -2.22. The number of quaternary nitrogens is 1. The SMILES string of the molecule is C=CCC[N+](C)(C)C.[Cl-]. The molecule has 0 aliphatic carbocycles. The summed E-state index contributed by atoms with van der Waals surface area (Å²) in [6, 6.07) is 0. The molecule has 0 aromatic carbocycles. The van der Waals surface area contributed by atoms with Crippen LogP contribution in [0.4, 0.5) is 0 Å². The predicted molar refractivity (Wildman–Crippen MR) is 37.7 cm³/mol. The minimum Gasteiger partial charge on any atom is -1.00 e. The molecule has 0 saturated heterocycles. The molecule has 2 heteroatoms. The Labute approximate surface area is 64.4 Å². The highest BCUT2D eigenvalue weighted by Crippen LogP contribution is 1.92. The Hall–Kier alpha value is -0.0100. The Balaban J connectivity index is 0. The van der Waals surface area contributed by atoms with Crippen molar-refractivity contribution < 1.29 is 16.9 Å². The molecular weight excluding hydrogens is 134 g/mol. The van der Waals surface area contributed by atoms with E-state index in [0.717, 1.165) is 10.9 Å². The van der Waals surface area contributed by atoms with Gasteiger partial charge in [0, 0.05) is 6.42 Å². The van der Waals surface area contributed by atoms with Crippen molar-refractivity contribution in [3.05, 3.63) is 12.7 Å². The van der Waals surface area contributed by atoms with Crippen LogP contribution in [-0.2, 0) is 0 Å². The van der Waals surface area contributed by atoms with Crippen molar-refractivity contribution in [2.45, 2.75) is 6.42 Å². The van der Waals surface area contributed by atoms with Crippen molar-refractivity contribution in [2.75, 3.05) is 27.7 Å². The van der Waals surface area contributed by atoms with E-state index in [1.165, 1.54) is 6.54 Å². The Kier molecular flexibility index (Phi) is 6.30. The van der Waals surface area contributed by atoms with Crippen molar-refractivity contribution in [3.8, 4) is 0 Å². The summed E-state index contributed by atoms with van der Waals surface area (Å²) >= 11 is 0. The first-order valence-corrected chi connectivity index (χ1v) is 2.97. The highest BCUT2D eigenvalue weighted by molar-refractivity contribution is 4.64. The molecule has 0 aromatic rings. The van der Waals surface area contributed by atoms with E-state index in [-0.39, 0.29) is 12.4 Å². The fraction of sp³-hybridized carbons (Fsp3) is 0.714. The molecule has 0 spiro atoms. The summed E-state index contributed by atoms with van der Waals surface area (Å²) in [6.45, 7) is 4.84. The standard InChI is InChI=1S/C7H16N.ClH/c1-5-6-7-8(2,3)4;/h5H,1,6-7H2,2-4H3;1H/q+1;/p-1. The van der Waals surface area contributed by atoms with Gasteiger partial charge in [0.15, 0.2) is 0 Å². The average molecular weight is 150 g/mol. The molecule has 0 heterocycles. The molecule has 0 saturated carbocycles. The smallest absolute Gasteiger partial charge is 0.0815 e. The lowest BCUT2D eigenvalue weighted by Crippen LogP contribution is -3.00. The summed E-state index contributed by atoms with van der Waals surface area (Å²) < 4.78 is 1.03. The molecule has 0 amide bonds. The summed E-state index contributed by atoms with van der Waals surface area (Å²) in [4.78, 5) is 0. The normalized spacial score (nSPS) is 10.1. The maximum atomic E-state index is 3.65. The van der Waals surface area contributed by atoms with Gasteiger partial charge in [0.1, 0.15) is 0 Å². The highest BCUT2D eigenvalue weighted by atomic mass is 35.5. The summed E-state index contributed by atoms with van der Waals surface area (Å²) in [5, 5.41) is 0. The maximum absolute atomic E-state index is 3.65. The first kappa shape index (κ1) is 11.7. The number of hydrogen-bond acceptors (Lipinski definition) is 0. The fourth-order valence-electron chi connectivity index (χ4n) is 0.479. The van der Waals surface area contributed by atoms with Crippen LogP contribution in [0.2, 0.25) is 0 Å². The zero-order valence-electron chi connectivity index (χ0n) is 6.52. The van der Waals surface area contributed by atoms with Gasteiger partial charge in [-0.3, -0.25) is 0 Å². The molecule has 0 aliphatic rings. The zero-order chi connectivity index (χ0) is 6.62. The first-order valence-electron chi connectivity index (χ1n) is 2.97. The van der Waals surface area contributed by atoms with Crippen LogP contribution >= 0.6 is 0 Å². The van der Waals surface area contributed by atoms with Crippen molar-refractivity contribution in [1.82, 2.24) is 0 Å². The zero-order valence-corrected chi connectivity index (χ0v) is 7.28. The Morgan fingerprint density at radius 3 is 1.89 bits per heavy atom. The minimum absolute atomic E-state index is 0. The summed E-state index contributed by atoms with van der Waals surface area (Å²) in [7, 11) is 6.55. The molecule has 0 radical (unpaired) electrons. The third-order valence-electron chi connectivity index (χ3n) is 1.00. The number of rotatable bonds is 3. The van der Waals surface area contributed by atoms with E-state index in [1.807, 2.05) is 6.08 Å². The van der Waals surface area contributed by atoms with Crippen LogP contribution in [0, 0.1) is 0 Å². The van der Waals surface area contributed by atoms with Crippen LogP contribution in [0.15, 0.2) is 12.7 Å². The molecule has 0 bridgehead atoms. The Morgan fingerprint density at radius 1 is 1.33 bits per heavy atom. The lowest BCUT2D eigenvalue weighted by molar-refractivity contribution is -0.869. The van der Waals surface area contributed by atoms with Crippen LogP contribution in [0.25, 0.3) is 0 Å². The molecular formula is C7H16ClN. The van der Waals surface area contributed by atoms with Gasteiger partial charge in [-0.15, -0.1) is 6.58 Å². The third kappa shape index (κ3) is 11.5. The highest BCUT2D eigenvalue weighted by Gasteiger charge is 2.02. The molecule has 1 nitrogen and oxygen atoms in total. The van der Waals surface area contributed by atoms with E-state index < -0.39 is 0 Å². The molecule has 56 valence electrons. The van der Waals surface area contributed by atoms with E-state index in [9.17, 15) is 0 Å². The van der Waals surface area contributed by atoms with E-state index in [0.29, 0.717) is 0 Å². The second-order valence-corrected chi connectivity index (χ2v) is 3.09. The summed E-state index contributed by atoms with van der Waals surface area (Å²) in [6.07, 6.45) is 3.08. The number of halogens is 1. The van der Waals surface area contributed by atoms with Gasteiger partial charge in [0.25, 0.3) is 0 Å². The van der Waals surface area contributed by atoms with Crippen molar-refractivity contribution in [3.63, 3.8) is 0 Å². The van der Waals surface area contributed by atoms with Crippen LogP contribution in [0.3, 0.4) is 0 Å². The second kappa shape index (κ2) is 4.83. The Bertz CT molecular complexity index is 73.5. The van der Waals surface area contributed by atoms with Crippen molar-refractivity contribution in [1.29, 1.82) is 0 Å². The largest absolute Gasteiger partial charge is 1.00 e. The summed E-state index contributed by atoms with van der Waals surface area (Å²) in [5.41, 5.74) is 0. The van der Waals surface area contributed by atoms with Crippen molar-refractivity contribution >= 4 is 0 Å². The molecule has 0 unspecified atom stereocenters. The van der Waals surface area contributed by atoms with Gasteiger partial charge in [0.2, 0.25) is 0 Å². The molecule has 0 N–H and O–H groups in total. The lowest BCUT2D eigenvalue weighted by atomic mass is 10.4. The topological polar surface area (TPSA) is 0 Å². The van der Waals surface area contributed by atoms with E-state index in [1.54, 1.807) is 0 Å². The molecule has 0 rings (SSSR count). The van der Waals surface area contributed by atoms with Crippen molar-refractivity contribution in [2.24, 2.45) is 0 Å². The van der Waals surface area contributed by atoms with Crippen LogP contribution < -0.4 is 12.4 Å². The molecule has 9 heavy (non-hydrogen) atoms. The van der Waals surface area contributed by atoms with Crippen LogP contribution in [0.1, 0.15) is 6.42 Å². The number of hydrogen-bond donors (Lipinski definition) is 0. The maximum Gasteiger partial charge on any atom is 0.0815 e. The first-order chi connectivity index (χ1) is 3.56.